The van der Waals surface area contributed by atoms with E-state index in [1.54, 1.807) is 30.3 Å². The molecule has 0 amide bonds. The van der Waals surface area contributed by atoms with Crippen LogP contribution in [0, 0.1) is 0 Å². The third-order valence-electron chi connectivity index (χ3n) is 11.1. The van der Waals surface area contributed by atoms with Crippen molar-refractivity contribution in [1.82, 2.24) is 0 Å². The summed E-state index contributed by atoms with van der Waals surface area (Å²) in [6, 6.07) is 17.9. The molecule has 0 spiro atoms. The van der Waals surface area contributed by atoms with Crippen LogP contribution in [0.2, 0.25) is 0 Å². The Bertz CT molecular complexity index is 2070. The van der Waals surface area contributed by atoms with Gasteiger partial charge in [-0.05, 0) is 58.7 Å². The van der Waals surface area contributed by atoms with Crippen LogP contribution in [0.15, 0.2) is 72.8 Å². The fraction of sp³-hybridized carbons (Fsp3) is 0.400. The standard InChI is InChI=1S/C40H42O17/c41-13-25-32(47)34(49)36(51)39(56-25)53-19-7-3-16(4-8-19)38-30-21-11-20(54-40-37(52)35(50)33(48)26(14-42)57-40)12-23(45)28(21)27(15-1-5-17(43)6-2-15)31(46)22-9-18(44)10-24(55-38)29(22)30/h1-12,25-27,30-52H,13-14H2/t25-,26-,27-,30-,31-,32-,33-,34+,35+,36-,37-,38+,39-,40-/m1/s1. The molecule has 57 heavy (non-hydrogen) atoms. The number of hydrogen-bond acceptors (Lipinski definition) is 17. The van der Waals surface area contributed by atoms with E-state index in [-0.39, 0.29) is 45.6 Å². The number of aliphatic hydroxyl groups is 9. The van der Waals surface area contributed by atoms with Gasteiger partial charge in [0, 0.05) is 29.2 Å². The lowest BCUT2D eigenvalue weighted by molar-refractivity contribution is -0.277. The van der Waals surface area contributed by atoms with E-state index in [4.69, 9.17) is 23.7 Å². The molecule has 0 saturated carbocycles. The van der Waals surface area contributed by atoms with Crippen molar-refractivity contribution in [3.05, 3.63) is 106 Å². The number of benzene rings is 4. The largest absolute Gasteiger partial charge is 0.508 e. The Labute approximate surface area is 324 Å². The van der Waals surface area contributed by atoms with Crippen LogP contribution in [0.3, 0.4) is 0 Å². The normalized spacial score (nSPS) is 34.4. The summed E-state index contributed by atoms with van der Waals surface area (Å²) >= 11 is 0. The van der Waals surface area contributed by atoms with E-state index in [1.807, 2.05) is 0 Å². The highest BCUT2D eigenvalue weighted by molar-refractivity contribution is 5.65. The molecule has 3 heterocycles. The molecule has 17 nitrogen and oxygen atoms in total. The number of ether oxygens (including phenoxy) is 5. The minimum Gasteiger partial charge on any atom is -0.508 e. The average molecular weight is 795 g/mol. The molecule has 12 N–H and O–H groups in total. The van der Waals surface area contributed by atoms with E-state index in [0.29, 0.717) is 22.3 Å². The second-order valence-electron chi connectivity index (χ2n) is 14.6. The number of rotatable bonds is 8. The van der Waals surface area contributed by atoms with Gasteiger partial charge in [0.25, 0.3) is 0 Å². The monoisotopic (exact) mass is 794 g/mol. The molecular weight excluding hydrogens is 752 g/mol. The Kier molecular flexibility index (Phi) is 10.4. The molecule has 2 saturated heterocycles. The summed E-state index contributed by atoms with van der Waals surface area (Å²) in [5, 5.41) is 127. The average Bonchev–Trinajstić information content (AvgIpc) is 3.53. The summed E-state index contributed by atoms with van der Waals surface area (Å²) in [6.07, 6.45) is -17.8. The summed E-state index contributed by atoms with van der Waals surface area (Å²) in [5.74, 6) is -2.11. The maximum Gasteiger partial charge on any atom is 0.229 e. The van der Waals surface area contributed by atoms with Crippen LogP contribution in [-0.4, -0.2) is 136 Å². The summed E-state index contributed by atoms with van der Waals surface area (Å²) in [4.78, 5) is 0. The highest BCUT2D eigenvalue weighted by Gasteiger charge is 2.49. The molecule has 8 rings (SSSR count). The topological polar surface area (TPSA) is 289 Å². The zero-order chi connectivity index (χ0) is 40.4. The van der Waals surface area contributed by atoms with Crippen molar-refractivity contribution < 1.29 is 85.0 Å². The van der Waals surface area contributed by atoms with Crippen LogP contribution >= 0.6 is 0 Å². The zero-order valence-electron chi connectivity index (χ0n) is 29.8. The Hall–Kier alpha value is -4.76. The van der Waals surface area contributed by atoms with E-state index >= 15 is 0 Å². The molecule has 4 aliphatic rings. The smallest absolute Gasteiger partial charge is 0.229 e. The van der Waals surface area contributed by atoms with E-state index in [0.717, 1.165) is 0 Å². The first-order chi connectivity index (χ1) is 27.3. The van der Waals surface area contributed by atoms with Crippen molar-refractivity contribution in [3.8, 4) is 34.5 Å². The molecule has 0 radical (unpaired) electrons. The summed E-state index contributed by atoms with van der Waals surface area (Å²) in [6.45, 7) is -1.34. The first-order valence-corrected chi connectivity index (χ1v) is 18.2. The molecule has 3 aliphatic heterocycles. The van der Waals surface area contributed by atoms with Gasteiger partial charge < -0.3 is 85.0 Å². The van der Waals surface area contributed by atoms with Crippen molar-refractivity contribution in [2.75, 3.05) is 13.2 Å². The molecule has 0 bridgehead atoms. The van der Waals surface area contributed by atoms with Gasteiger partial charge in [-0.25, -0.2) is 0 Å². The van der Waals surface area contributed by atoms with Gasteiger partial charge in [0.2, 0.25) is 12.6 Å². The van der Waals surface area contributed by atoms with Gasteiger partial charge in [0.05, 0.1) is 25.2 Å². The number of fused-ring (bicyclic) bond motifs is 2. The molecule has 1 aliphatic carbocycles. The Morgan fingerprint density at radius 2 is 1.07 bits per heavy atom. The van der Waals surface area contributed by atoms with Crippen molar-refractivity contribution in [2.24, 2.45) is 0 Å². The second-order valence-corrected chi connectivity index (χ2v) is 14.6. The third-order valence-corrected chi connectivity index (χ3v) is 11.1. The molecule has 0 aromatic heterocycles. The van der Waals surface area contributed by atoms with Crippen LogP contribution < -0.4 is 14.2 Å². The summed E-state index contributed by atoms with van der Waals surface area (Å²) < 4.78 is 29.3. The molecule has 17 heteroatoms. The maximum atomic E-state index is 12.2. The predicted octanol–water partition coefficient (Wildman–Crippen LogP) is -0.395. The summed E-state index contributed by atoms with van der Waals surface area (Å²) in [7, 11) is 0. The number of phenols is 3. The molecule has 2 fully saturated rings. The van der Waals surface area contributed by atoms with Gasteiger partial charge >= 0.3 is 0 Å². The van der Waals surface area contributed by atoms with Crippen LogP contribution in [0.4, 0.5) is 0 Å². The number of phenolic OH excluding ortho intramolecular Hbond substituents is 3. The number of hydrogen-bond donors (Lipinski definition) is 12. The van der Waals surface area contributed by atoms with Crippen molar-refractivity contribution >= 4 is 0 Å². The van der Waals surface area contributed by atoms with Gasteiger partial charge in [-0.1, -0.05) is 24.3 Å². The van der Waals surface area contributed by atoms with E-state index < -0.39 is 98.7 Å². The van der Waals surface area contributed by atoms with Gasteiger partial charge in [-0.3, -0.25) is 0 Å². The minimum absolute atomic E-state index is 0.0404. The van der Waals surface area contributed by atoms with Crippen LogP contribution in [0.1, 0.15) is 57.4 Å². The van der Waals surface area contributed by atoms with Crippen molar-refractivity contribution in [2.45, 2.75) is 85.5 Å². The second kappa shape index (κ2) is 15.2. The molecule has 4 aromatic carbocycles. The molecule has 14 atom stereocenters. The van der Waals surface area contributed by atoms with Crippen molar-refractivity contribution in [3.63, 3.8) is 0 Å². The third kappa shape index (κ3) is 6.79. The first-order valence-electron chi connectivity index (χ1n) is 18.2. The Balaban J connectivity index is 1.22. The highest BCUT2D eigenvalue weighted by Crippen LogP contribution is 2.60. The predicted molar refractivity (Wildman–Crippen MR) is 192 cm³/mol. The van der Waals surface area contributed by atoms with Gasteiger partial charge in [0.15, 0.2) is 0 Å². The lowest BCUT2D eigenvalue weighted by Crippen LogP contribution is -2.60. The number of aliphatic hydroxyl groups excluding tert-OH is 9. The highest BCUT2D eigenvalue weighted by atomic mass is 16.7. The molecule has 0 unspecified atom stereocenters. The fourth-order valence-corrected chi connectivity index (χ4v) is 8.24. The SMILES string of the molecule is OC[C@H]1O[C@@H](Oc2ccc([C@@H]3Oc4cc(O)cc5c4[C@H]3c3cc(O[C@@H]4O[C@H](CO)[C@@H](O)[C@H](O)[C@H]4O)cc(O)c3[C@@H](c3ccc(O)cc3)[C@@H]5O)cc2)[C@H](O)[C@@H](O)[C@@H]1O. The zero-order valence-corrected chi connectivity index (χ0v) is 29.8. The molecule has 4 aromatic rings. The molecule has 304 valence electrons. The molecular formula is C40H42O17. The van der Waals surface area contributed by atoms with E-state index in [2.05, 4.69) is 0 Å². The fourth-order valence-electron chi connectivity index (χ4n) is 8.24. The lowest BCUT2D eigenvalue weighted by Gasteiger charge is -2.39. The van der Waals surface area contributed by atoms with E-state index in [9.17, 15) is 61.3 Å². The van der Waals surface area contributed by atoms with Crippen LogP contribution in [0.25, 0.3) is 0 Å². The van der Waals surface area contributed by atoms with Gasteiger partial charge in [-0.15, -0.1) is 0 Å². The van der Waals surface area contributed by atoms with Gasteiger partial charge in [-0.2, -0.15) is 0 Å². The maximum absolute atomic E-state index is 12.2. The Morgan fingerprint density at radius 3 is 1.65 bits per heavy atom. The van der Waals surface area contributed by atoms with Crippen molar-refractivity contribution in [1.29, 1.82) is 0 Å². The quantitative estimate of drug-likeness (QED) is 0.108. The first kappa shape index (κ1) is 39.1. The summed E-state index contributed by atoms with van der Waals surface area (Å²) in [5.41, 5.74) is 2.39. The van der Waals surface area contributed by atoms with Gasteiger partial charge in [0.1, 0.15) is 89.4 Å². The van der Waals surface area contributed by atoms with E-state index in [1.165, 1.54) is 42.5 Å². The van der Waals surface area contributed by atoms with Crippen LogP contribution in [0.5, 0.6) is 34.5 Å². The van der Waals surface area contributed by atoms with Crippen LogP contribution in [-0.2, 0) is 9.47 Å². The lowest BCUT2D eigenvalue weighted by atomic mass is 9.80. The number of aromatic hydroxyl groups is 3. The Morgan fingerprint density at radius 1 is 0.509 bits per heavy atom. The minimum atomic E-state index is -1.77.